The van der Waals surface area contributed by atoms with E-state index in [9.17, 15) is 8.42 Å². The van der Waals surface area contributed by atoms with Crippen molar-refractivity contribution in [3.63, 3.8) is 0 Å². The monoisotopic (exact) mass is 366 g/mol. The molecule has 0 spiro atoms. The maximum absolute atomic E-state index is 12.2. The van der Waals surface area contributed by atoms with Gasteiger partial charge in [0.25, 0.3) is 0 Å². The molecule has 7 heteroatoms. The molecule has 106 valence electrons. The fourth-order valence-electron chi connectivity index (χ4n) is 2.18. The van der Waals surface area contributed by atoms with Crippen LogP contribution < -0.4 is 10.0 Å². The molecule has 0 amide bonds. The zero-order chi connectivity index (χ0) is 13.9. The molecule has 1 aromatic rings. The predicted molar refractivity (Wildman–Crippen MR) is 80.0 cm³/mol. The average Bonchev–Trinajstić information content (AvgIpc) is 2.81. The summed E-state index contributed by atoms with van der Waals surface area (Å²) in [4.78, 5) is 0.107. The van der Waals surface area contributed by atoms with E-state index in [0.29, 0.717) is 17.1 Å². The highest BCUT2D eigenvalue weighted by Gasteiger charge is 2.21. The largest absolute Gasteiger partial charge is 0.314 e. The molecule has 1 aliphatic heterocycles. The van der Waals surface area contributed by atoms with Crippen LogP contribution in [0.4, 0.5) is 0 Å². The van der Waals surface area contributed by atoms with Gasteiger partial charge in [0, 0.05) is 17.1 Å². The van der Waals surface area contributed by atoms with E-state index >= 15 is 0 Å². The summed E-state index contributed by atoms with van der Waals surface area (Å²) in [5, 5.41) is 3.56. The first-order valence-electron chi connectivity index (χ1n) is 6.18. The quantitative estimate of drug-likeness (QED) is 0.841. The average molecular weight is 368 g/mol. The third kappa shape index (κ3) is 3.92. The van der Waals surface area contributed by atoms with Gasteiger partial charge in [-0.25, -0.2) is 13.1 Å². The zero-order valence-corrected chi connectivity index (χ0v) is 13.5. The number of hydrogen-bond donors (Lipinski definition) is 2. The van der Waals surface area contributed by atoms with Crippen LogP contribution in [0, 0.1) is 0 Å². The molecule has 1 heterocycles. The number of halogens is 2. The minimum atomic E-state index is -3.57. The molecule has 1 fully saturated rings. The third-order valence-corrected chi connectivity index (χ3v) is 6.05. The Morgan fingerprint density at radius 1 is 1.47 bits per heavy atom. The fraction of sp³-hybridized carbons (Fsp3) is 0.500. The molecular weight excluding hydrogens is 352 g/mol. The zero-order valence-electron chi connectivity index (χ0n) is 10.3. The minimum Gasteiger partial charge on any atom is -0.314 e. The Labute approximate surface area is 127 Å². The van der Waals surface area contributed by atoms with Gasteiger partial charge in [-0.15, -0.1) is 0 Å². The van der Waals surface area contributed by atoms with Crippen molar-refractivity contribution in [3.05, 3.63) is 27.7 Å². The molecule has 19 heavy (non-hydrogen) atoms. The molecule has 0 radical (unpaired) electrons. The molecule has 0 bridgehead atoms. The third-order valence-electron chi connectivity index (χ3n) is 3.13. The Hall–Kier alpha value is -0.140. The lowest BCUT2D eigenvalue weighted by atomic mass is 10.2. The Kier molecular flexibility index (Phi) is 5.25. The molecule has 0 aliphatic carbocycles. The van der Waals surface area contributed by atoms with Gasteiger partial charge in [0.15, 0.2) is 0 Å². The van der Waals surface area contributed by atoms with Gasteiger partial charge in [-0.2, -0.15) is 0 Å². The van der Waals surface area contributed by atoms with Crippen LogP contribution in [-0.2, 0) is 10.0 Å². The van der Waals surface area contributed by atoms with Crippen molar-refractivity contribution in [1.82, 2.24) is 10.0 Å². The summed E-state index contributed by atoms with van der Waals surface area (Å²) in [6.07, 6.45) is 3.06. The number of sulfonamides is 1. The van der Waals surface area contributed by atoms with E-state index in [0.717, 1.165) is 25.8 Å². The van der Waals surface area contributed by atoms with Gasteiger partial charge in [0.1, 0.15) is 4.90 Å². The van der Waals surface area contributed by atoms with E-state index < -0.39 is 10.0 Å². The standard InChI is InChI=1S/C12H16BrClN2O2S/c13-10-4-1-5-11(14)12(10)19(17,18)16-8-6-9-3-2-7-15-9/h1,4-5,9,15-16H,2-3,6-8H2/t9-/m1/s1. The van der Waals surface area contributed by atoms with E-state index in [1.165, 1.54) is 0 Å². The number of benzene rings is 1. The van der Waals surface area contributed by atoms with Gasteiger partial charge >= 0.3 is 0 Å². The van der Waals surface area contributed by atoms with Crippen LogP contribution in [0.25, 0.3) is 0 Å². The first-order valence-corrected chi connectivity index (χ1v) is 8.83. The molecule has 2 N–H and O–H groups in total. The molecule has 2 rings (SSSR count). The normalized spacial score (nSPS) is 19.8. The van der Waals surface area contributed by atoms with Crippen molar-refractivity contribution in [2.75, 3.05) is 13.1 Å². The van der Waals surface area contributed by atoms with E-state index in [1.807, 2.05) is 0 Å². The van der Waals surface area contributed by atoms with E-state index in [1.54, 1.807) is 18.2 Å². The summed E-state index contributed by atoms with van der Waals surface area (Å²) in [6.45, 7) is 1.44. The number of nitrogens with one attached hydrogen (secondary N) is 2. The summed E-state index contributed by atoms with van der Waals surface area (Å²) in [5.74, 6) is 0. The Morgan fingerprint density at radius 3 is 2.89 bits per heavy atom. The maximum atomic E-state index is 12.2. The highest BCUT2D eigenvalue weighted by atomic mass is 79.9. The van der Waals surface area contributed by atoms with E-state index in [4.69, 9.17) is 11.6 Å². The summed E-state index contributed by atoms with van der Waals surface area (Å²) >= 11 is 9.18. The predicted octanol–water partition coefficient (Wildman–Crippen LogP) is 2.52. The second-order valence-electron chi connectivity index (χ2n) is 4.53. The number of rotatable bonds is 5. The molecule has 1 atom stereocenters. The van der Waals surface area contributed by atoms with Gasteiger partial charge in [-0.05, 0) is 53.9 Å². The Morgan fingerprint density at radius 2 is 2.26 bits per heavy atom. The highest BCUT2D eigenvalue weighted by molar-refractivity contribution is 9.10. The van der Waals surface area contributed by atoms with Crippen LogP contribution in [-0.4, -0.2) is 27.5 Å². The van der Waals surface area contributed by atoms with Crippen LogP contribution in [0.2, 0.25) is 5.02 Å². The van der Waals surface area contributed by atoms with Gasteiger partial charge in [-0.3, -0.25) is 0 Å². The second-order valence-corrected chi connectivity index (χ2v) is 7.50. The SMILES string of the molecule is O=S(=O)(NCC[C@H]1CCCN1)c1c(Cl)cccc1Br. The topological polar surface area (TPSA) is 58.2 Å². The lowest BCUT2D eigenvalue weighted by Crippen LogP contribution is -2.31. The molecule has 0 saturated carbocycles. The van der Waals surface area contributed by atoms with Crippen LogP contribution in [0.3, 0.4) is 0 Å². The second kappa shape index (κ2) is 6.54. The summed E-state index contributed by atoms with van der Waals surface area (Å²) in [5.41, 5.74) is 0. The van der Waals surface area contributed by atoms with Crippen LogP contribution >= 0.6 is 27.5 Å². The molecular formula is C12H16BrClN2O2S. The van der Waals surface area contributed by atoms with Crippen molar-refractivity contribution >= 4 is 37.6 Å². The molecule has 0 aromatic heterocycles. The lowest BCUT2D eigenvalue weighted by Gasteiger charge is -2.12. The van der Waals surface area contributed by atoms with Crippen molar-refractivity contribution in [3.8, 4) is 0 Å². The summed E-state index contributed by atoms with van der Waals surface area (Å²) < 4.78 is 27.5. The lowest BCUT2D eigenvalue weighted by molar-refractivity contribution is 0.539. The summed E-state index contributed by atoms with van der Waals surface area (Å²) in [6, 6.07) is 5.35. The van der Waals surface area contributed by atoms with Crippen LogP contribution in [0.5, 0.6) is 0 Å². The Balaban J connectivity index is 2.01. The summed E-state index contributed by atoms with van der Waals surface area (Å²) in [7, 11) is -3.57. The molecule has 0 unspecified atom stereocenters. The van der Waals surface area contributed by atoms with E-state index in [2.05, 4.69) is 26.0 Å². The van der Waals surface area contributed by atoms with Crippen molar-refractivity contribution in [1.29, 1.82) is 0 Å². The molecule has 1 saturated heterocycles. The highest BCUT2D eigenvalue weighted by Crippen LogP contribution is 2.29. The molecule has 1 aliphatic rings. The van der Waals surface area contributed by atoms with Crippen LogP contribution in [0.1, 0.15) is 19.3 Å². The first-order chi connectivity index (χ1) is 9.00. The first kappa shape index (κ1) is 15.3. The van der Waals surface area contributed by atoms with Gasteiger partial charge in [0.05, 0.1) is 5.02 Å². The van der Waals surface area contributed by atoms with Crippen LogP contribution in [0.15, 0.2) is 27.6 Å². The minimum absolute atomic E-state index is 0.107. The van der Waals surface area contributed by atoms with Crippen molar-refractivity contribution in [2.24, 2.45) is 0 Å². The smallest absolute Gasteiger partial charge is 0.243 e. The molecule has 1 aromatic carbocycles. The number of hydrogen-bond acceptors (Lipinski definition) is 3. The Bertz CT molecular complexity index is 524. The fourth-order valence-corrected chi connectivity index (χ4v) is 4.96. The van der Waals surface area contributed by atoms with Crippen molar-refractivity contribution < 1.29 is 8.42 Å². The van der Waals surface area contributed by atoms with Gasteiger partial charge in [0.2, 0.25) is 10.0 Å². The van der Waals surface area contributed by atoms with Gasteiger partial charge in [-0.1, -0.05) is 17.7 Å². The molecule has 4 nitrogen and oxygen atoms in total. The maximum Gasteiger partial charge on any atom is 0.243 e. The van der Waals surface area contributed by atoms with E-state index in [-0.39, 0.29) is 9.92 Å². The van der Waals surface area contributed by atoms with Crippen molar-refractivity contribution in [2.45, 2.75) is 30.2 Å². The van der Waals surface area contributed by atoms with Gasteiger partial charge < -0.3 is 5.32 Å².